The Morgan fingerprint density at radius 3 is 1.53 bits per heavy atom. The van der Waals surface area contributed by atoms with E-state index in [1.165, 1.54) is 66.1 Å². The zero-order valence-electron chi connectivity index (χ0n) is 27.6. The molecule has 11 rings (SSSR count). The van der Waals surface area contributed by atoms with Gasteiger partial charge < -0.3 is 4.90 Å². The van der Waals surface area contributed by atoms with Gasteiger partial charge >= 0.3 is 0 Å². The Labute approximate surface area is 295 Å². The molecular formula is C49H30FN. The molecule has 0 bridgehead atoms. The average Bonchev–Trinajstić information content (AvgIpc) is 3.67. The van der Waals surface area contributed by atoms with Crippen LogP contribution in [0.5, 0.6) is 0 Å². The van der Waals surface area contributed by atoms with Crippen LogP contribution in [0.15, 0.2) is 182 Å². The molecule has 238 valence electrons. The van der Waals surface area contributed by atoms with E-state index in [4.69, 9.17) is 0 Å². The van der Waals surface area contributed by atoms with Crippen molar-refractivity contribution in [2.24, 2.45) is 0 Å². The molecule has 9 aromatic carbocycles. The van der Waals surface area contributed by atoms with Crippen LogP contribution in [0, 0.1) is 5.82 Å². The van der Waals surface area contributed by atoms with Gasteiger partial charge in [0.15, 0.2) is 0 Å². The normalized spacial score (nSPS) is 13.4. The lowest BCUT2D eigenvalue weighted by molar-refractivity contribution is 0.629. The van der Waals surface area contributed by atoms with E-state index in [0.717, 1.165) is 22.1 Å². The molecule has 2 aliphatic rings. The summed E-state index contributed by atoms with van der Waals surface area (Å²) in [6.45, 7) is 0. The highest BCUT2D eigenvalue weighted by Crippen LogP contribution is 2.67. The number of benzene rings is 9. The van der Waals surface area contributed by atoms with Crippen LogP contribution in [-0.4, -0.2) is 0 Å². The van der Waals surface area contributed by atoms with E-state index in [9.17, 15) is 0 Å². The highest BCUT2D eigenvalue weighted by molar-refractivity contribution is 6.22. The molecule has 0 saturated carbocycles. The summed E-state index contributed by atoms with van der Waals surface area (Å²) in [5.74, 6) is -0.266. The van der Waals surface area contributed by atoms with Gasteiger partial charge in [0.2, 0.25) is 0 Å². The molecule has 0 radical (unpaired) electrons. The molecule has 2 heteroatoms. The molecule has 0 unspecified atom stereocenters. The molecule has 0 aromatic heterocycles. The second-order valence-electron chi connectivity index (χ2n) is 13.7. The molecule has 1 spiro atoms. The predicted molar refractivity (Wildman–Crippen MR) is 210 cm³/mol. The van der Waals surface area contributed by atoms with E-state index in [1.54, 1.807) is 12.1 Å². The van der Waals surface area contributed by atoms with E-state index < -0.39 is 5.41 Å². The number of hydrogen-bond acceptors (Lipinski definition) is 1. The molecule has 0 atom stereocenters. The summed E-state index contributed by atoms with van der Waals surface area (Å²) < 4.78 is 16.0. The Bertz CT molecular complexity index is 2840. The lowest BCUT2D eigenvalue weighted by Gasteiger charge is -2.33. The van der Waals surface area contributed by atoms with Crippen molar-refractivity contribution in [1.82, 2.24) is 0 Å². The van der Waals surface area contributed by atoms with Gasteiger partial charge in [-0.25, -0.2) is 4.39 Å². The molecule has 51 heavy (non-hydrogen) atoms. The third-order valence-corrected chi connectivity index (χ3v) is 11.3. The van der Waals surface area contributed by atoms with Gasteiger partial charge in [-0.3, -0.25) is 0 Å². The van der Waals surface area contributed by atoms with E-state index in [2.05, 4.69) is 144 Å². The van der Waals surface area contributed by atoms with Crippen molar-refractivity contribution in [2.45, 2.75) is 5.41 Å². The highest BCUT2D eigenvalue weighted by atomic mass is 19.1. The van der Waals surface area contributed by atoms with Crippen molar-refractivity contribution in [2.75, 3.05) is 4.90 Å². The van der Waals surface area contributed by atoms with Crippen LogP contribution < -0.4 is 4.90 Å². The molecule has 0 amide bonds. The summed E-state index contributed by atoms with van der Waals surface area (Å²) in [4.78, 5) is 2.10. The van der Waals surface area contributed by atoms with Crippen molar-refractivity contribution in [3.8, 4) is 22.3 Å². The fourth-order valence-electron chi connectivity index (χ4n) is 9.47. The monoisotopic (exact) mass is 651 g/mol. The molecular weight excluding hydrogens is 622 g/mol. The third kappa shape index (κ3) is 3.64. The summed E-state index contributed by atoms with van der Waals surface area (Å²) in [5, 5.41) is 7.21. The maximum absolute atomic E-state index is 16.0. The minimum absolute atomic E-state index is 0.266. The van der Waals surface area contributed by atoms with E-state index in [1.807, 2.05) is 30.3 Å². The van der Waals surface area contributed by atoms with Crippen molar-refractivity contribution in [1.29, 1.82) is 0 Å². The Morgan fingerprint density at radius 2 is 0.863 bits per heavy atom. The van der Waals surface area contributed by atoms with Crippen LogP contribution in [0.25, 0.3) is 54.6 Å². The van der Waals surface area contributed by atoms with Crippen LogP contribution >= 0.6 is 0 Å². The Hall–Kier alpha value is -6.51. The van der Waals surface area contributed by atoms with Gasteiger partial charge in [-0.15, -0.1) is 0 Å². The van der Waals surface area contributed by atoms with Crippen molar-refractivity contribution in [3.63, 3.8) is 0 Å². The molecule has 0 aliphatic heterocycles. The topological polar surface area (TPSA) is 3.24 Å². The van der Waals surface area contributed by atoms with Crippen LogP contribution in [0.2, 0.25) is 0 Å². The number of anilines is 3. The Balaban J connectivity index is 1.40. The fraction of sp³-hybridized carbons (Fsp3) is 0.0204. The molecule has 0 fully saturated rings. The lowest BCUT2D eigenvalue weighted by atomic mass is 9.68. The van der Waals surface area contributed by atoms with Crippen molar-refractivity contribution < 1.29 is 4.39 Å². The molecule has 2 aliphatic carbocycles. The maximum atomic E-state index is 16.0. The number of para-hydroxylation sites is 2. The zero-order chi connectivity index (χ0) is 33.7. The largest absolute Gasteiger partial charge is 0.307 e. The molecule has 0 N–H and O–H groups in total. The summed E-state index contributed by atoms with van der Waals surface area (Å²) >= 11 is 0. The number of fused-ring (bicyclic) bond motifs is 17. The standard InChI is InChI=1S/C49H30FN/c50-43-28-14-15-29-44(43)51(31-16-2-1-3-17-31)45-30-40-46-37-23-7-4-18-32(37)33-19-5-8-24-38(33)48(46)49(47(40)39-25-9-6-22-36(39)45)41-26-12-10-20-34(41)35-21-11-13-27-42(35)49/h1-30H. The summed E-state index contributed by atoms with van der Waals surface area (Å²) in [5.41, 5.74) is 12.0. The smallest absolute Gasteiger partial charge is 0.147 e. The van der Waals surface area contributed by atoms with Crippen LogP contribution in [0.1, 0.15) is 22.3 Å². The lowest BCUT2D eigenvalue weighted by Crippen LogP contribution is -2.26. The van der Waals surface area contributed by atoms with Gasteiger partial charge in [-0.05, 0) is 102 Å². The first-order chi connectivity index (χ1) is 25.3. The minimum atomic E-state index is -0.574. The fourth-order valence-corrected chi connectivity index (χ4v) is 9.47. The number of hydrogen-bond donors (Lipinski definition) is 0. The maximum Gasteiger partial charge on any atom is 0.147 e. The SMILES string of the molecule is Fc1ccccc1N(c1ccccc1)c1cc2c(c3ccccc13)C1(c3ccccc3-c3ccccc31)c1c-2c2ccccc2c2ccccc12. The molecule has 0 saturated heterocycles. The average molecular weight is 652 g/mol. The quantitative estimate of drug-likeness (QED) is 0.172. The predicted octanol–water partition coefficient (Wildman–Crippen LogP) is 13.1. The first-order valence-electron chi connectivity index (χ1n) is 17.6. The highest BCUT2D eigenvalue weighted by Gasteiger charge is 2.54. The summed E-state index contributed by atoms with van der Waals surface area (Å²) in [7, 11) is 0. The first kappa shape index (κ1) is 28.3. The van der Waals surface area contributed by atoms with E-state index in [0.29, 0.717) is 5.69 Å². The van der Waals surface area contributed by atoms with E-state index >= 15 is 4.39 Å². The number of halogens is 1. The molecule has 0 heterocycles. The van der Waals surface area contributed by atoms with Gasteiger partial charge in [0, 0.05) is 11.1 Å². The number of nitrogens with zero attached hydrogens (tertiary/aromatic N) is 1. The Kier molecular flexibility index (Phi) is 5.83. The van der Waals surface area contributed by atoms with Crippen molar-refractivity contribution >= 4 is 49.4 Å². The van der Waals surface area contributed by atoms with Gasteiger partial charge in [0.1, 0.15) is 5.82 Å². The van der Waals surface area contributed by atoms with Gasteiger partial charge in [0.25, 0.3) is 0 Å². The van der Waals surface area contributed by atoms with Gasteiger partial charge in [0.05, 0.1) is 16.8 Å². The molecule has 1 nitrogen and oxygen atoms in total. The number of rotatable bonds is 3. The second kappa shape index (κ2) is 10.5. The third-order valence-electron chi connectivity index (χ3n) is 11.3. The molecule has 9 aromatic rings. The van der Waals surface area contributed by atoms with Crippen LogP contribution in [0.4, 0.5) is 21.5 Å². The van der Waals surface area contributed by atoms with Crippen molar-refractivity contribution in [3.05, 3.63) is 210 Å². The zero-order valence-corrected chi connectivity index (χ0v) is 27.6. The minimum Gasteiger partial charge on any atom is -0.307 e. The summed E-state index contributed by atoms with van der Waals surface area (Å²) in [6.07, 6.45) is 0. The van der Waals surface area contributed by atoms with E-state index in [-0.39, 0.29) is 5.82 Å². The van der Waals surface area contributed by atoms with Gasteiger partial charge in [-0.2, -0.15) is 0 Å². The van der Waals surface area contributed by atoms with Gasteiger partial charge in [-0.1, -0.05) is 152 Å². The summed E-state index contributed by atoms with van der Waals surface area (Å²) in [6, 6.07) is 64.2. The Morgan fingerprint density at radius 1 is 0.373 bits per heavy atom. The van der Waals surface area contributed by atoms with Crippen LogP contribution in [-0.2, 0) is 5.41 Å². The van der Waals surface area contributed by atoms with Crippen LogP contribution in [0.3, 0.4) is 0 Å². The first-order valence-corrected chi connectivity index (χ1v) is 17.6. The second-order valence-corrected chi connectivity index (χ2v) is 13.7.